The van der Waals surface area contributed by atoms with Crippen molar-refractivity contribution < 1.29 is 22.7 Å². The number of carbonyl (C=O) groups excluding carboxylic acids is 1. The van der Waals surface area contributed by atoms with Gasteiger partial charge < -0.3 is 4.74 Å². The molecule has 1 aliphatic carbocycles. The maximum atomic E-state index is 15.3. The predicted molar refractivity (Wildman–Crippen MR) is 119 cm³/mol. The lowest BCUT2D eigenvalue weighted by molar-refractivity contribution is 0.0729. The Labute approximate surface area is 190 Å². The van der Waals surface area contributed by atoms with E-state index in [1.165, 1.54) is 24.1 Å². The van der Waals surface area contributed by atoms with Crippen LogP contribution >= 0.6 is 0 Å². The van der Waals surface area contributed by atoms with Crippen LogP contribution in [0.25, 0.3) is 11.1 Å². The maximum absolute atomic E-state index is 15.3. The van der Waals surface area contributed by atoms with Crippen LogP contribution in [0.4, 0.5) is 13.2 Å². The highest BCUT2D eigenvalue weighted by Gasteiger charge is 2.25. The average Bonchev–Trinajstić information content (AvgIpc) is 2.79. The van der Waals surface area contributed by atoms with Crippen molar-refractivity contribution in [3.8, 4) is 22.9 Å². The van der Waals surface area contributed by atoms with E-state index in [4.69, 9.17) is 10.00 Å². The molecule has 0 unspecified atom stereocenters. The molecule has 0 saturated heterocycles. The van der Waals surface area contributed by atoms with Crippen molar-refractivity contribution in [1.29, 1.82) is 5.26 Å². The molecule has 3 aromatic rings. The number of benzene rings is 3. The first kappa shape index (κ1) is 22.6. The quantitative estimate of drug-likeness (QED) is 0.239. The summed E-state index contributed by atoms with van der Waals surface area (Å²) in [5.41, 5.74) is 3.46. The van der Waals surface area contributed by atoms with Gasteiger partial charge >= 0.3 is 5.97 Å². The summed E-state index contributed by atoms with van der Waals surface area (Å²) < 4.78 is 47.9. The molecule has 1 aliphatic rings. The van der Waals surface area contributed by atoms with Crippen molar-refractivity contribution in [3.05, 3.63) is 87.7 Å². The average molecular weight is 449 g/mol. The molecule has 0 aromatic heterocycles. The minimum Gasteiger partial charge on any atom is -0.423 e. The second-order valence-corrected chi connectivity index (χ2v) is 8.17. The van der Waals surface area contributed by atoms with Gasteiger partial charge in [0.15, 0.2) is 0 Å². The number of nitrogens with zero attached hydrogens (tertiary/aromatic N) is 1. The minimum absolute atomic E-state index is 0.307. The third-order valence-electron chi connectivity index (χ3n) is 5.97. The molecule has 0 fully saturated rings. The summed E-state index contributed by atoms with van der Waals surface area (Å²) >= 11 is 0. The van der Waals surface area contributed by atoms with Crippen LogP contribution in [0.15, 0.2) is 42.5 Å². The maximum Gasteiger partial charge on any atom is 0.346 e. The number of ether oxygens (including phenoxy) is 1. The van der Waals surface area contributed by atoms with Gasteiger partial charge in [-0.25, -0.2) is 18.0 Å². The third-order valence-corrected chi connectivity index (χ3v) is 5.97. The summed E-state index contributed by atoms with van der Waals surface area (Å²) in [4.78, 5) is 12.5. The summed E-state index contributed by atoms with van der Waals surface area (Å²) in [6.07, 6.45) is 5.60. The lowest BCUT2D eigenvalue weighted by atomic mass is 9.83. The van der Waals surface area contributed by atoms with Gasteiger partial charge in [0, 0.05) is 12.1 Å². The van der Waals surface area contributed by atoms with Crippen LogP contribution in [-0.2, 0) is 19.3 Å². The lowest BCUT2D eigenvalue weighted by Crippen LogP contribution is -2.15. The molecule has 0 spiro atoms. The van der Waals surface area contributed by atoms with E-state index in [9.17, 15) is 13.6 Å². The molecule has 4 rings (SSSR count). The van der Waals surface area contributed by atoms with Crippen LogP contribution in [-0.4, -0.2) is 5.97 Å². The summed E-state index contributed by atoms with van der Waals surface area (Å²) in [6.45, 7) is 2.17. The van der Waals surface area contributed by atoms with Gasteiger partial charge in [-0.15, -0.1) is 0 Å². The molecule has 3 aromatic carbocycles. The standard InChI is InChI=1S/C27H22F3NO2/c1-2-3-4-5-16-6-8-19-17(12-16)7-9-21-20(19)10-11-22(26(21)30)27(32)33-18-13-24(28)23(15-31)25(29)14-18/h6,8,10-14H,2-5,7,9H2,1H3. The number of carbonyl (C=O) groups is 1. The first-order chi connectivity index (χ1) is 15.9. The van der Waals surface area contributed by atoms with Crippen LogP contribution in [0.5, 0.6) is 5.75 Å². The summed E-state index contributed by atoms with van der Waals surface area (Å²) in [6, 6.07) is 12.1. The van der Waals surface area contributed by atoms with Crippen molar-refractivity contribution in [2.45, 2.75) is 45.4 Å². The van der Waals surface area contributed by atoms with Crippen molar-refractivity contribution in [1.82, 2.24) is 0 Å². The Morgan fingerprint density at radius 1 is 1.00 bits per heavy atom. The third kappa shape index (κ3) is 4.49. The van der Waals surface area contributed by atoms with Gasteiger partial charge in [-0.2, -0.15) is 5.26 Å². The van der Waals surface area contributed by atoms with Gasteiger partial charge in [0.2, 0.25) is 0 Å². The van der Waals surface area contributed by atoms with E-state index in [-0.39, 0.29) is 5.56 Å². The monoisotopic (exact) mass is 449 g/mol. The number of esters is 1. The molecule has 0 amide bonds. The zero-order chi connectivity index (χ0) is 23.5. The minimum atomic E-state index is -1.16. The smallest absolute Gasteiger partial charge is 0.346 e. The number of rotatable bonds is 6. The molecule has 0 saturated carbocycles. The molecule has 0 bridgehead atoms. The fourth-order valence-corrected chi connectivity index (χ4v) is 4.26. The van der Waals surface area contributed by atoms with Crippen LogP contribution in [0, 0.1) is 28.8 Å². The van der Waals surface area contributed by atoms with E-state index in [1.807, 2.05) is 6.07 Å². The predicted octanol–water partition coefficient (Wildman–Crippen LogP) is 6.69. The molecule has 0 heterocycles. The molecule has 0 aliphatic heterocycles. The number of hydrogen-bond acceptors (Lipinski definition) is 3. The van der Waals surface area contributed by atoms with E-state index >= 15 is 4.39 Å². The van der Waals surface area contributed by atoms with Crippen molar-refractivity contribution in [2.24, 2.45) is 0 Å². The van der Waals surface area contributed by atoms with E-state index < -0.39 is 34.7 Å². The normalized spacial score (nSPS) is 12.0. The Hall–Kier alpha value is -3.59. The van der Waals surface area contributed by atoms with Gasteiger partial charge in [-0.1, -0.05) is 44.0 Å². The summed E-state index contributed by atoms with van der Waals surface area (Å²) in [5.74, 6) is -4.50. The Morgan fingerprint density at radius 3 is 2.42 bits per heavy atom. The van der Waals surface area contributed by atoms with Crippen molar-refractivity contribution in [2.75, 3.05) is 0 Å². The molecule has 6 heteroatoms. The second-order valence-electron chi connectivity index (χ2n) is 8.17. The Balaban J connectivity index is 1.59. The zero-order valence-corrected chi connectivity index (χ0v) is 18.2. The van der Waals surface area contributed by atoms with Gasteiger partial charge in [-0.3, -0.25) is 0 Å². The number of fused-ring (bicyclic) bond motifs is 3. The highest BCUT2D eigenvalue weighted by molar-refractivity contribution is 5.93. The largest absolute Gasteiger partial charge is 0.423 e. The van der Waals surface area contributed by atoms with Gasteiger partial charge in [-0.05, 0) is 59.6 Å². The Bertz CT molecular complexity index is 1250. The van der Waals surface area contributed by atoms with Crippen molar-refractivity contribution in [3.63, 3.8) is 0 Å². The topological polar surface area (TPSA) is 50.1 Å². The van der Waals surface area contributed by atoms with E-state index in [0.29, 0.717) is 18.4 Å². The molecular formula is C27H22F3NO2. The molecule has 0 radical (unpaired) electrons. The van der Waals surface area contributed by atoms with Crippen LogP contribution in [0.3, 0.4) is 0 Å². The van der Waals surface area contributed by atoms with Gasteiger partial charge in [0.05, 0.1) is 5.56 Å². The number of halogens is 3. The van der Waals surface area contributed by atoms with E-state index in [0.717, 1.165) is 48.1 Å². The number of hydrogen-bond donors (Lipinski definition) is 0. The van der Waals surface area contributed by atoms with E-state index in [1.54, 1.807) is 6.07 Å². The van der Waals surface area contributed by atoms with Crippen LogP contribution in [0.2, 0.25) is 0 Å². The summed E-state index contributed by atoms with van der Waals surface area (Å²) in [5, 5.41) is 8.74. The second kappa shape index (κ2) is 9.50. The van der Waals surface area contributed by atoms with Crippen molar-refractivity contribution >= 4 is 5.97 Å². The number of unbranched alkanes of at least 4 members (excludes halogenated alkanes) is 2. The Kier molecular flexibility index (Phi) is 6.50. The SMILES string of the molecule is CCCCCc1ccc2c(c1)CCc1c-2ccc(C(=O)Oc2cc(F)c(C#N)c(F)c2)c1F. The fourth-order valence-electron chi connectivity index (χ4n) is 4.26. The first-order valence-electron chi connectivity index (χ1n) is 11.0. The number of nitriles is 1. The zero-order valence-electron chi connectivity index (χ0n) is 18.2. The molecule has 33 heavy (non-hydrogen) atoms. The molecule has 168 valence electrons. The lowest BCUT2D eigenvalue weighted by Gasteiger charge is -2.22. The first-order valence-corrected chi connectivity index (χ1v) is 11.0. The van der Waals surface area contributed by atoms with Crippen LogP contribution in [0.1, 0.15) is 58.8 Å². The summed E-state index contributed by atoms with van der Waals surface area (Å²) in [7, 11) is 0. The number of aryl methyl sites for hydroxylation is 2. The highest BCUT2D eigenvalue weighted by Crippen LogP contribution is 2.37. The highest BCUT2D eigenvalue weighted by atomic mass is 19.1. The molecule has 0 N–H and O–H groups in total. The molecular weight excluding hydrogens is 427 g/mol. The molecule has 0 atom stereocenters. The van der Waals surface area contributed by atoms with Gasteiger partial charge in [0.1, 0.15) is 34.8 Å². The fraction of sp³-hybridized carbons (Fsp3) is 0.259. The Morgan fingerprint density at radius 2 is 1.73 bits per heavy atom. The van der Waals surface area contributed by atoms with Crippen LogP contribution < -0.4 is 4.74 Å². The molecule has 3 nitrogen and oxygen atoms in total. The van der Waals surface area contributed by atoms with Gasteiger partial charge in [0.25, 0.3) is 0 Å². The van der Waals surface area contributed by atoms with E-state index in [2.05, 4.69) is 19.1 Å².